The van der Waals surface area contributed by atoms with Gasteiger partial charge in [-0.3, -0.25) is 0 Å². The highest BCUT2D eigenvalue weighted by Gasteiger charge is 2.08. The van der Waals surface area contributed by atoms with E-state index in [2.05, 4.69) is 19.1 Å². The fourth-order valence-corrected chi connectivity index (χ4v) is 1.02. The SMILES string of the molecule is CC[B]N1CCOCC1. The topological polar surface area (TPSA) is 12.5 Å². The van der Waals surface area contributed by atoms with Gasteiger partial charge in [-0.1, -0.05) is 13.2 Å². The second kappa shape index (κ2) is 3.91. The zero-order chi connectivity index (χ0) is 6.53. The van der Waals surface area contributed by atoms with E-state index < -0.39 is 0 Å². The maximum absolute atomic E-state index is 5.18. The molecule has 3 heteroatoms. The second-order valence-corrected chi connectivity index (χ2v) is 2.24. The molecule has 51 valence electrons. The minimum Gasteiger partial charge on any atom is -0.379 e. The summed E-state index contributed by atoms with van der Waals surface area (Å²) in [7, 11) is 2.24. The summed E-state index contributed by atoms with van der Waals surface area (Å²) in [6.07, 6.45) is 1.14. The first-order valence-corrected chi connectivity index (χ1v) is 3.58. The Hall–Kier alpha value is -0.0151. The van der Waals surface area contributed by atoms with Crippen LogP contribution in [0, 0.1) is 0 Å². The van der Waals surface area contributed by atoms with E-state index in [1.54, 1.807) is 0 Å². The molecule has 1 saturated heterocycles. The van der Waals surface area contributed by atoms with Crippen molar-refractivity contribution in [3.05, 3.63) is 0 Å². The number of ether oxygens (including phenoxy) is 1. The molecule has 2 nitrogen and oxygen atoms in total. The maximum atomic E-state index is 5.18. The highest BCUT2D eigenvalue weighted by molar-refractivity contribution is 6.31. The van der Waals surface area contributed by atoms with Crippen LogP contribution in [0.3, 0.4) is 0 Å². The zero-order valence-corrected chi connectivity index (χ0v) is 5.97. The quantitative estimate of drug-likeness (QED) is 0.496. The molecule has 0 amide bonds. The first-order valence-electron chi connectivity index (χ1n) is 3.58. The lowest BCUT2D eigenvalue weighted by Gasteiger charge is -2.25. The van der Waals surface area contributed by atoms with E-state index >= 15 is 0 Å². The van der Waals surface area contributed by atoms with Crippen molar-refractivity contribution in [1.82, 2.24) is 4.81 Å². The summed E-state index contributed by atoms with van der Waals surface area (Å²) >= 11 is 0. The Bertz CT molecular complexity index is 70.7. The van der Waals surface area contributed by atoms with Crippen LogP contribution in [0.2, 0.25) is 6.32 Å². The fourth-order valence-electron chi connectivity index (χ4n) is 1.02. The Morgan fingerprint density at radius 1 is 1.44 bits per heavy atom. The molecule has 9 heavy (non-hydrogen) atoms. The fraction of sp³-hybridized carbons (Fsp3) is 1.00. The third-order valence-corrected chi connectivity index (χ3v) is 1.49. The molecule has 0 unspecified atom stereocenters. The van der Waals surface area contributed by atoms with Gasteiger partial charge in [-0.05, 0) is 0 Å². The first-order chi connectivity index (χ1) is 4.43. The van der Waals surface area contributed by atoms with Crippen LogP contribution in [0.15, 0.2) is 0 Å². The number of hydrogen-bond donors (Lipinski definition) is 0. The molecule has 1 heterocycles. The molecule has 0 bridgehead atoms. The Labute approximate surface area is 57.4 Å². The molecule has 1 aliphatic heterocycles. The molecule has 0 N–H and O–H groups in total. The van der Waals surface area contributed by atoms with Gasteiger partial charge in [-0.25, -0.2) is 0 Å². The van der Waals surface area contributed by atoms with Crippen LogP contribution in [0.25, 0.3) is 0 Å². The largest absolute Gasteiger partial charge is 0.379 e. The van der Waals surface area contributed by atoms with Gasteiger partial charge in [0.15, 0.2) is 0 Å². The van der Waals surface area contributed by atoms with Crippen molar-refractivity contribution in [2.24, 2.45) is 0 Å². The highest BCUT2D eigenvalue weighted by atomic mass is 16.5. The molecule has 0 aromatic heterocycles. The van der Waals surface area contributed by atoms with E-state index in [9.17, 15) is 0 Å². The molecule has 1 radical (unpaired) electrons. The first kappa shape index (κ1) is 7.10. The lowest BCUT2D eigenvalue weighted by Crippen LogP contribution is -2.38. The summed E-state index contributed by atoms with van der Waals surface area (Å²) in [5.74, 6) is 0. The summed E-state index contributed by atoms with van der Waals surface area (Å²) in [4.78, 5) is 2.32. The second-order valence-electron chi connectivity index (χ2n) is 2.24. The van der Waals surface area contributed by atoms with Crippen molar-refractivity contribution in [2.45, 2.75) is 13.2 Å². The molecule has 0 saturated carbocycles. The molecule has 1 rings (SSSR count). The van der Waals surface area contributed by atoms with E-state index in [1.807, 2.05) is 0 Å². The van der Waals surface area contributed by atoms with Crippen LogP contribution < -0.4 is 0 Å². The number of hydrogen-bond acceptors (Lipinski definition) is 2. The summed E-state index contributed by atoms with van der Waals surface area (Å²) in [5, 5.41) is 0. The average Bonchev–Trinajstić information content (AvgIpc) is 1.91. The van der Waals surface area contributed by atoms with E-state index in [0.29, 0.717) is 0 Å². The van der Waals surface area contributed by atoms with Crippen LogP contribution in [0.1, 0.15) is 6.92 Å². The molecule has 1 fully saturated rings. The van der Waals surface area contributed by atoms with Gasteiger partial charge in [0.1, 0.15) is 0 Å². The van der Waals surface area contributed by atoms with Crippen molar-refractivity contribution in [2.75, 3.05) is 26.3 Å². The average molecular weight is 126 g/mol. The number of nitrogens with zero attached hydrogens (tertiary/aromatic N) is 1. The summed E-state index contributed by atoms with van der Waals surface area (Å²) in [6, 6.07) is 0. The number of morpholine rings is 1. The predicted octanol–water partition coefficient (Wildman–Crippen LogP) is 0.376. The number of rotatable bonds is 2. The zero-order valence-electron chi connectivity index (χ0n) is 5.97. The Morgan fingerprint density at radius 2 is 2.11 bits per heavy atom. The molecule has 0 aromatic rings. The van der Waals surface area contributed by atoms with E-state index in [1.165, 1.54) is 0 Å². The van der Waals surface area contributed by atoms with Gasteiger partial charge >= 0.3 is 0 Å². The van der Waals surface area contributed by atoms with E-state index in [-0.39, 0.29) is 0 Å². The van der Waals surface area contributed by atoms with Crippen molar-refractivity contribution in [1.29, 1.82) is 0 Å². The van der Waals surface area contributed by atoms with Gasteiger partial charge in [-0.15, -0.1) is 0 Å². The highest BCUT2D eigenvalue weighted by Crippen LogP contribution is 1.94. The monoisotopic (exact) mass is 126 g/mol. The Kier molecular flexibility index (Phi) is 3.08. The Balaban J connectivity index is 2.08. The van der Waals surface area contributed by atoms with Gasteiger partial charge in [0.25, 0.3) is 0 Å². The van der Waals surface area contributed by atoms with Gasteiger partial charge in [0, 0.05) is 13.1 Å². The van der Waals surface area contributed by atoms with Gasteiger partial charge in [-0.2, -0.15) is 0 Å². The van der Waals surface area contributed by atoms with Crippen LogP contribution in [-0.4, -0.2) is 38.5 Å². The van der Waals surface area contributed by atoms with Crippen molar-refractivity contribution < 1.29 is 4.74 Å². The van der Waals surface area contributed by atoms with Crippen LogP contribution in [0.5, 0.6) is 0 Å². The third kappa shape index (κ3) is 2.37. The van der Waals surface area contributed by atoms with Gasteiger partial charge in [0.05, 0.1) is 13.2 Å². The van der Waals surface area contributed by atoms with Crippen molar-refractivity contribution >= 4 is 7.41 Å². The molecule has 0 atom stereocenters. The minimum atomic E-state index is 0.899. The van der Waals surface area contributed by atoms with E-state index in [0.717, 1.165) is 32.6 Å². The lowest BCUT2D eigenvalue weighted by molar-refractivity contribution is 0.0724. The summed E-state index contributed by atoms with van der Waals surface area (Å²) < 4.78 is 5.18. The van der Waals surface area contributed by atoms with Crippen LogP contribution >= 0.6 is 0 Å². The maximum Gasteiger partial charge on any atom is 0.208 e. The minimum absolute atomic E-state index is 0.899. The molecule has 0 aliphatic carbocycles. The van der Waals surface area contributed by atoms with Gasteiger partial charge in [0.2, 0.25) is 7.41 Å². The molecular formula is C6H13BNO. The Morgan fingerprint density at radius 3 is 2.67 bits per heavy atom. The molecular weight excluding hydrogens is 113 g/mol. The normalized spacial score (nSPS) is 21.9. The smallest absolute Gasteiger partial charge is 0.208 e. The summed E-state index contributed by atoms with van der Waals surface area (Å²) in [5.41, 5.74) is 0. The standard InChI is InChI=1S/C6H13BNO/c1-2-7-8-3-5-9-6-4-8/h2-6H2,1H3. The lowest BCUT2D eigenvalue weighted by atomic mass is 9.87. The molecule has 0 aromatic carbocycles. The third-order valence-electron chi connectivity index (χ3n) is 1.49. The van der Waals surface area contributed by atoms with Crippen molar-refractivity contribution in [3.63, 3.8) is 0 Å². The van der Waals surface area contributed by atoms with Gasteiger partial charge < -0.3 is 9.55 Å². The van der Waals surface area contributed by atoms with E-state index in [4.69, 9.17) is 4.74 Å². The predicted molar refractivity (Wildman–Crippen MR) is 38.6 cm³/mol. The molecule has 0 spiro atoms. The van der Waals surface area contributed by atoms with Crippen LogP contribution in [0.4, 0.5) is 0 Å². The molecule has 1 aliphatic rings. The summed E-state index contributed by atoms with van der Waals surface area (Å²) in [6.45, 7) is 6.12. The van der Waals surface area contributed by atoms with Crippen molar-refractivity contribution in [3.8, 4) is 0 Å². The van der Waals surface area contributed by atoms with Crippen LogP contribution in [-0.2, 0) is 4.74 Å².